The molecule has 2 fully saturated rings. The zero-order valence-electron chi connectivity index (χ0n) is 13.5. The van der Waals surface area contributed by atoms with Crippen LogP contribution in [0.2, 0.25) is 5.02 Å². The average molecular weight is 350 g/mol. The zero-order valence-corrected chi connectivity index (χ0v) is 14.2. The number of carbonyl (C=O) groups is 2. The van der Waals surface area contributed by atoms with Crippen LogP contribution in [0.25, 0.3) is 0 Å². The maximum absolute atomic E-state index is 12.9. The van der Waals surface area contributed by atoms with Crippen molar-refractivity contribution in [3.05, 3.63) is 22.7 Å². The van der Waals surface area contributed by atoms with E-state index in [2.05, 4.69) is 0 Å². The Morgan fingerprint density at radius 2 is 1.83 bits per heavy atom. The molecule has 0 aromatic heterocycles. The molecular weight excluding hydrogens is 330 g/mol. The van der Waals surface area contributed by atoms with Gasteiger partial charge in [-0.1, -0.05) is 30.9 Å². The largest absolute Gasteiger partial charge is 0.486 e. The van der Waals surface area contributed by atoms with Gasteiger partial charge in [-0.05, 0) is 30.5 Å². The van der Waals surface area contributed by atoms with Crippen molar-refractivity contribution in [3.8, 4) is 11.5 Å². The maximum atomic E-state index is 12.9. The Morgan fingerprint density at radius 3 is 2.62 bits per heavy atom. The molecule has 1 saturated carbocycles. The van der Waals surface area contributed by atoms with Crippen LogP contribution < -0.4 is 9.47 Å². The lowest BCUT2D eigenvalue weighted by atomic mass is 9.73. The highest BCUT2D eigenvalue weighted by Crippen LogP contribution is 2.46. The molecule has 1 spiro atoms. The van der Waals surface area contributed by atoms with Crippen LogP contribution in [-0.2, 0) is 16.1 Å². The SMILES string of the molecule is O=C1CC2(CCCCC2)C(=O)N1Cc1cc(Cl)c2c(c1)OCCO2. The fourth-order valence-corrected chi connectivity index (χ4v) is 4.37. The van der Waals surface area contributed by atoms with E-state index in [9.17, 15) is 9.59 Å². The van der Waals surface area contributed by atoms with Crippen LogP contribution in [-0.4, -0.2) is 29.9 Å². The van der Waals surface area contributed by atoms with Gasteiger partial charge in [0.15, 0.2) is 11.5 Å². The number of rotatable bonds is 2. The van der Waals surface area contributed by atoms with Crippen LogP contribution in [0.5, 0.6) is 11.5 Å². The third kappa shape index (κ3) is 2.55. The number of hydrogen-bond donors (Lipinski definition) is 0. The number of benzene rings is 1. The molecule has 1 aromatic rings. The van der Waals surface area contributed by atoms with Crippen molar-refractivity contribution in [2.24, 2.45) is 5.41 Å². The lowest BCUT2D eigenvalue weighted by Gasteiger charge is -2.30. The van der Waals surface area contributed by atoms with Gasteiger partial charge in [0, 0.05) is 6.42 Å². The highest BCUT2D eigenvalue weighted by molar-refractivity contribution is 6.32. The molecule has 0 bridgehead atoms. The number of likely N-dealkylation sites (tertiary alicyclic amines) is 1. The molecule has 1 saturated heterocycles. The molecule has 3 aliphatic rings. The summed E-state index contributed by atoms with van der Waals surface area (Å²) in [6.45, 7) is 1.19. The van der Waals surface area contributed by atoms with Gasteiger partial charge in [-0.15, -0.1) is 0 Å². The van der Waals surface area contributed by atoms with Crippen molar-refractivity contribution < 1.29 is 19.1 Å². The van der Waals surface area contributed by atoms with Crippen molar-refractivity contribution in [2.75, 3.05) is 13.2 Å². The quantitative estimate of drug-likeness (QED) is 0.768. The van der Waals surface area contributed by atoms with Gasteiger partial charge in [0.1, 0.15) is 13.2 Å². The first-order valence-electron chi connectivity index (χ1n) is 8.52. The average Bonchev–Trinajstić information content (AvgIpc) is 2.80. The van der Waals surface area contributed by atoms with Gasteiger partial charge in [-0.25, -0.2) is 0 Å². The standard InChI is InChI=1S/C18H20ClNO4/c19-13-8-12(9-14-16(13)24-7-6-23-14)11-20-15(21)10-18(17(20)22)4-2-1-3-5-18/h8-9H,1-7,10-11H2. The molecule has 0 unspecified atom stereocenters. The maximum Gasteiger partial charge on any atom is 0.236 e. The van der Waals surface area contributed by atoms with Crippen molar-refractivity contribution in [2.45, 2.75) is 45.1 Å². The Bertz CT molecular complexity index is 697. The molecule has 1 aliphatic carbocycles. The fourth-order valence-electron chi connectivity index (χ4n) is 4.08. The Labute approximate surface area is 145 Å². The monoisotopic (exact) mass is 349 g/mol. The summed E-state index contributed by atoms with van der Waals surface area (Å²) in [5, 5.41) is 0.452. The second kappa shape index (κ2) is 5.96. The number of fused-ring (bicyclic) bond motifs is 1. The molecule has 0 radical (unpaired) electrons. The van der Waals surface area contributed by atoms with Gasteiger partial charge >= 0.3 is 0 Å². The summed E-state index contributed by atoms with van der Waals surface area (Å²) >= 11 is 6.25. The number of nitrogens with zero attached hydrogens (tertiary/aromatic N) is 1. The minimum absolute atomic E-state index is 0.0155. The van der Waals surface area contributed by atoms with Crippen LogP contribution in [0, 0.1) is 5.41 Å². The van der Waals surface area contributed by atoms with Crippen LogP contribution >= 0.6 is 11.6 Å². The number of imide groups is 1. The Hall–Kier alpha value is -1.75. The van der Waals surface area contributed by atoms with E-state index in [0.717, 1.165) is 37.7 Å². The van der Waals surface area contributed by atoms with Crippen LogP contribution in [0.15, 0.2) is 12.1 Å². The highest BCUT2D eigenvalue weighted by atomic mass is 35.5. The lowest BCUT2D eigenvalue weighted by molar-refractivity contribution is -0.142. The molecule has 2 aliphatic heterocycles. The third-order valence-electron chi connectivity index (χ3n) is 5.30. The van der Waals surface area contributed by atoms with Gasteiger partial charge in [-0.2, -0.15) is 0 Å². The Kier molecular flexibility index (Phi) is 3.91. The van der Waals surface area contributed by atoms with E-state index in [4.69, 9.17) is 21.1 Å². The van der Waals surface area contributed by atoms with Crippen molar-refractivity contribution in [3.63, 3.8) is 0 Å². The number of amides is 2. The van der Waals surface area contributed by atoms with Crippen LogP contribution in [0.4, 0.5) is 0 Å². The van der Waals surface area contributed by atoms with Crippen molar-refractivity contribution >= 4 is 23.4 Å². The normalized spacial score (nSPS) is 22.3. The predicted octanol–water partition coefficient (Wildman–Crippen LogP) is 3.32. The number of hydrogen-bond acceptors (Lipinski definition) is 4. The van der Waals surface area contributed by atoms with E-state index < -0.39 is 5.41 Å². The summed E-state index contributed by atoms with van der Waals surface area (Å²) in [7, 11) is 0. The number of ether oxygens (including phenoxy) is 2. The van der Waals surface area contributed by atoms with Crippen molar-refractivity contribution in [1.82, 2.24) is 4.90 Å². The molecular formula is C18H20ClNO4. The summed E-state index contributed by atoms with van der Waals surface area (Å²) < 4.78 is 11.1. The molecule has 128 valence electrons. The first kappa shape index (κ1) is 15.8. The Morgan fingerprint density at radius 1 is 1.08 bits per heavy atom. The number of halogens is 1. The van der Waals surface area contributed by atoms with E-state index >= 15 is 0 Å². The van der Waals surface area contributed by atoms with E-state index in [1.807, 2.05) is 6.07 Å². The fraction of sp³-hybridized carbons (Fsp3) is 0.556. The van der Waals surface area contributed by atoms with E-state index in [1.54, 1.807) is 6.07 Å². The highest BCUT2D eigenvalue weighted by Gasteiger charge is 2.51. The van der Waals surface area contributed by atoms with Crippen molar-refractivity contribution in [1.29, 1.82) is 0 Å². The summed E-state index contributed by atoms with van der Waals surface area (Å²) in [5.74, 6) is 1.02. The Balaban J connectivity index is 1.58. The third-order valence-corrected chi connectivity index (χ3v) is 5.58. The summed E-state index contributed by atoms with van der Waals surface area (Å²) in [4.78, 5) is 26.7. The molecule has 5 nitrogen and oxygen atoms in total. The predicted molar refractivity (Wildman–Crippen MR) is 88.1 cm³/mol. The number of carbonyl (C=O) groups excluding carboxylic acids is 2. The summed E-state index contributed by atoms with van der Waals surface area (Å²) in [6, 6.07) is 3.56. The smallest absolute Gasteiger partial charge is 0.236 e. The molecule has 2 amide bonds. The van der Waals surface area contributed by atoms with Gasteiger partial charge in [-0.3, -0.25) is 14.5 Å². The van der Waals surface area contributed by atoms with E-state index in [-0.39, 0.29) is 18.4 Å². The molecule has 1 aromatic carbocycles. The van der Waals surface area contributed by atoms with Crippen LogP contribution in [0.3, 0.4) is 0 Å². The zero-order chi connectivity index (χ0) is 16.7. The van der Waals surface area contributed by atoms with Gasteiger partial charge in [0.25, 0.3) is 0 Å². The molecule has 24 heavy (non-hydrogen) atoms. The molecule has 2 heterocycles. The second-order valence-electron chi connectivity index (χ2n) is 6.90. The lowest BCUT2D eigenvalue weighted by Crippen LogP contribution is -2.36. The molecule has 0 N–H and O–H groups in total. The van der Waals surface area contributed by atoms with E-state index in [0.29, 0.717) is 36.2 Å². The van der Waals surface area contributed by atoms with Crippen LogP contribution in [0.1, 0.15) is 44.1 Å². The topological polar surface area (TPSA) is 55.8 Å². The summed E-state index contributed by atoms with van der Waals surface area (Å²) in [6.07, 6.45) is 5.22. The second-order valence-corrected chi connectivity index (χ2v) is 7.31. The minimum Gasteiger partial charge on any atom is -0.486 e. The van der Waals surface area contributed by atoms with Gasteiger partial charge in [0.05, 0.1) is 17.0 Å². The van der Waals surface area contributed by atoms with Gasteiger partial charge in [0.2, 0.25) is 11.8 Å². The first-order valence-corrected chi connectivity index (χ1v) is 8.90. The van der Waals surface area contributed by atoms with Gasteiger partial charge < -0.3 is 9.47 Å². The summed E-state index contributed by atoms with van der Waals surface area (Å²) in [5.41, 5.74) is 0.339. The minimum atomic E-state index is -0.451. The molecule has 0 atom stereocenters. The molecule has 4 rings (SSSR count). The van der Waals surface area contributed by atoms with E-state index in [1.165, 1.54) is 4.90 Å². The molecule has 6 heteroatoms. The first-order chi connectivity index (χ1) is 11.6.